The molecule has 0 spiro atoms. The lowest BCUT2D eigenvalue weighted by Gasteiger charge is -1.99. The largest absolute Gasteiger partial charge is 0.462 e. The maximum Gasteiger partial charge on any atom is 0.155 e. The first kappa shape index (κ1) is 11.8. The van der Waals surface area contributed by atoms with Gasteiger partial charge in [-0.25, -0.2) is 0 Å². The minimum Gasteiger partial charge on any atom is -0.462 e. The molecule has 0 saturated carbocycles. The molecular weight excluding hydrogens is 164 g/mol. The van der Waals surface area contributed by atoms with Gasteiger partial charge in [0.25, 0.3) is 0 Å². The fraction of sp³-hybridized carbons (Fsp3) is 0.545. The van der Waals surface area contributed by atoms with Crippen LogP contribution in [0.15, 0.2) is 12.2 Å². The highest BCUT2D eigenvalue weighted by Crippen LogP contribution is 2.08. The summed E-state index contributed by atoms with van der Waals surface area (Å²) >= 11 is 0. The van der Waals surface area contributed by atoms with E-state index in [1.165, 1.54) is 0 Å². The van der Waals surface area contributed by atoms with Gasteiger partial charge in [0.05, 0.1) is 0 Å². The highest BCUT2D eigenvalue weighted by atomic mass is 16.2. The summed E-state index contributed by atoms with van der Waals surface area (Å²) in [5.74, 6) is 2.65. The van der Waals surface area contributed by atoms with E-state index in [4.69, 9.17) is 5.11 Å². The molecule has 0 aliphatic heterocycles. The summed E-state index contributed by atoms with van der Waals surface area (Å²) in [6.07, 6.45) is 6.35. The third-order valence-electron chi connectivity index (χ3n) is 1.86. The Morgan fingerprint density at radius 3 is 2.62 bits per heavy atom. The van der Waals surface area contributed by atoms with E-state index in [1.807, 2.05) is 6.11 Å². The van der Waals surface area contributed by atoms with Crippen LogP contribution in [0.1, 0.15) is 39.0 Å². The van der Waals surface area contributed by atoms with Gasteiger partial charge in [0.1, 0.15) is 6.11 Å². The molecule has 0 radical (unpaired) electrons. The van der Waals surface area contributed by atoms with Gasteiger partial charge >= 0.3 is 0 Å². The van der Waals surface area contributed by atoms with E-state index in [1.54, 1.807) is 6.92 Å². The molecular formula is C11H16O2. The number of hydrogen-bond donors (Lipinski definition) is 1. The zero-order chi connectivity index (χ0) is 10.1. The van der Waals surface area contributed by atoms with Gasteiger partial charge in [-0.1, -0.05) is 18.9 Å². The van der Waals surface area contributed by atoms with E-state index < -0.39 is 0 Å². The molecule has 0 heterocycles. The molecule has 0 aromatic rings. The van der Waals surface area contributed by atoms with Crippen LogP contribution in [-0.4, -0.2) is 10.9 Å². The Morgan fingerprint density at radius 2 is 2.08 bits per heavy atom. The van der Waals surface area contributed by atoms with Gasteiger partial charge in [0.2, 0.25) is 0 Å². The number of allylic oxidation sites excluding steroid dienone is 1. The second-order valence-corrected chi connectivity index (χ2v) is 3.01. The molecule has 2 heteroatoms. The van der Waals surface area contributed by atoms with Crippen LogP contribution in [-0.2, 0) is 4.79 Å². The van der Waals surface area contributed by atoms with Crippen molar-refractivity contribution in [2.75, 3.05) is 0 Å². The zero-order valence-corrected chi connectivity index (χ0v) is 8.10. The van der Waals surface area contributed by atoms with Gasteiger partial charge in [-0.2, -0.15) is 0 Å². The second-order valence-electron chi connectivity index (χ2n) is 3.01. The summed E-state index contributed by atoms with van der Waals surface area (Å²) in [6, 6.07) is 0. The van der Waals surface area contributed by atoms with Gasteiger partial charge in [0.15, 0.2) is 5.78 Å². The molecule has 2 nitrogen and oxygen atoms in total. The minimum absolute atomic E-state index is 0.0788. The van der Waals surface area contributed by atoms with Crippen LogP contribution in [0, 0.1) is 12.0 Å². The summed E-state index contributed by atoms with van der Waals surface area (Å²) in [4.78, 5) is 10.8. The quantitative estimate of drug-likeness (QED) is 0.387. The van der Waals surface area contributed by atoms with Gasteiger partial charge in [-0.05, 0) is 31.8 Å². The van der Waals surface area contributed by atoms with Crippen molar-refractivity contribution >= 4 is 5.78 Å². The van der Waals surface area contributed by atoms with Crippen LogP contribution in [0.5, 0.6) is 0 Å². The number of unbranched alkanes of at least 4 members (excludes halogenated alkanes) is 3. The molecule has 0 saturated heterocycles. The molecule has 0 aromatic heterocycles. The van der Waals surface area contributed by atoms with E-state index in [9.17, 15) is 4.79 Å². The third-order valence-corrected chi connectivity index (χ3v) is 1.86. The summed E-state index contributed by atoms with van der Waals surface area (Å²) < 4.78 is 0. The second kappa shape index (κ2) is 7.42. The molecule has 0 amide bonds. The highest BCUT2D eigenvalue weighted by Gasteiger charge is 1.98. The van der Waals surface area contributed by atoms with Crippen molar-refractivity contribution in [1.82, 2.24) is 0 Å². The standard InChI is InChI=1S/C11H16O2/c1-10(11(2)13)8-6-4-3-5-7-9-12/h12H,1,3-6,8H2,2H3. The summed E-state index contributed by atoms with van der Waals surface area (Å²) in [7, 11) is 0. The lowest BCUT2D eigenvalue weighted by Crippen LogP contribution is -1.94. The molecule has 0 aliphatic rings. The molecule has 0 bridgehead atoms. The fourth-order valence-corrected chi connectivity index (χ4v) is 0.960. The van der Waals surface area contributed by atoms with Crippen LogP contribution in [0.2, 0.25) is 0 Å². The van der Waals surface area contributed by atoms with E-state index in [0.717, 1.165) is 32.1 Å². The first-order chi connectivity index (χ1) is 6.18. The van der Waals surface area contributed by atoms with Crippen LogP contribution in [0.25, 0.3) is 0 Å². The Bertz CT molecular complexity index is 230. The van der Waals surface area contributed by atoms with E-state index in [0.29, 0.717) is 5.57 Å². The Balaban J connectivity index is 3.29. The van der Waals surface area contributed by atoms with Crippen molar-refractivity contribution in [2.24, 2.45) is 0 Å². The summed E-state index contributed by atoms with van der Waals surface area (Å²) in [5, 5.41) is 8.16. The first-order valence-corrected chi connectivity index (χ1v) is 4.49. The Hall–Kier alpha value is -1.23. The number of aliphatic hydroxyl groups excluding tert-OH is 1. The Kier molecular flexibility index (Phi) is 6.72. The summed E-state index contributed by atoms with van der Waals surface area (Å²) in [5.41, 5.74) is 0.702. The number of rotatable bonds is 6. The number of carbonyl (C=O) groups is 1. The van der Waals surface area contributed by atoms with Gasteiger partial charge < -0.3 is 5.11 Å². The van der Waals surface area contributed by atoms with Crippen molar-refractivity contribution in [3.05, 3.63) is 12.2 Å². The minimum atomic E-state index is 0.0788. The maximum absolute atomic E-state index is 10.8. The van der Waals surface area contributed by atoms with E-state index in [-0.39, 0.29) is 5.78 Å². The number of ketones is 1. The third kappa shape index (κ3) is 7.14. The lowest BCUT2D eigenvalue weighted by molar-refractivity contribution is -0.113. The predicted molar refractivity (Wildman–Crippen MR) is 52.6 cm³/mol. The molecule has 0 atom stereocenters. The molecule has 0 aromatic carbocycles. The molecule has 72 valence electrons. The van der Waals surface area contributed by atoms with Gasteiger partial charge in [-0.15, -0.1) is 0 Å². The van der Waals surface area contributed by atoms with Crippen molar-refractivity contribution < 1.29 is 9.90 Å². The Morgan fingerprint density at radius 1 is 1.38 bits per heavy atom. The molecule has 1 N–H and O–H groups in total. The molecule has 0 unspecified atom stereocenters. The van der Waals surface area contributed by atoms with Crippen molar-refractivity contribution in [2.45, 2.75) is 39.0 Å². The number of carbonyl (C=O) groups excluding carboxylic acids is 1. The monoisotopic (exact) mass is 180 g/mol. The normalized spacial score (nSPS) is 8.69. The number of aliphatic hydroxyl groups is 1. The van der Waals surface area contributed by atoms with Crippen LogP contribution < -0.4 is 0 Å². The summed E-state index contributed by atoms with van der Waals surface area (Å²) in [6.45, 7) is 5.21. The van der Waals surface area contributed by atoms with Gasteiger partial charge in [0, 0.05) is 6.42 Å². The van der Waals surface area contributed by atoms with Crippen LogP contribution >= 0.6 is 0 Å². The number of hydrogen-bond acceptors (Lipinski definition) is 2. The van der Waals surface area contributed by atoms with Crippen molar-refractivity contribution in [3.63, 3.8) is 0 Å². The molecule has 0 rings (SSSR count). The van der Waals surface area contributed by atoms with Crippen molar-refractivity contribution in [1.29, 1.82) is 0 Å². The molecule has 0 aliphatic carbocycles. The molecule has 0 fully saturated rings. The predicted octanol–water partition coefficient (Wildman–Crippen LogP) is 2.42. The smallest absolute Gasteiger partial charge is 0.155 e. The van der Waals surface area contributed by atoms with Crippen molar-refractivity contribution in [3.8, 4) is 12.0 Å². The number of Topliss-reactive ketones (excluding diaryl/α,β-unsaturated/α-hetero) is 1. The van der Waals surface area contributed by atoms with E-state index in [2.05, 4.69) is 12.5 Å². The zero-order valence-electron chi connectivity index (χ0n) is 8.10. The fourth-order valence-electron chi connectivity index (χ4n) is 0.960. The SMILES string of the molecule is C=C(CCCCCC#CO)C(C)=O. The van der Waals surface area contributed by atoms with Gasteiger partial charge in [-0.3, -0.25) is 4.79 Å². The molecule has 13 heavy (non-hydrogen) atoms. The average molecular weight is 180 g/mol. The Labute approximate surface area is 79.7 Å². The average Bonchev–Trinajstić information content (AvgIpc) is 2.10. The maximum atomic E-state index is 10.8. The lowest BCUT2D eigenvalue weighted by atomic mass is 10.1. The van der Waals surface area contributed by atoms with Crippen LogP contribution in [0.4, 0.5) is 0 Å². The topological polar surface area (TPSA) is 37.3 Å². The van der Waals surface area contributed by atoms with Crippen LogP contribution in [0.3, 0.4) is 0 Å². The first-order valence-electron chi connectivity index (χ1n) is 4.49. The highest BCUT2D eigenvalue weighted by molar-refractivity contribution is 5.92. The van der Waals surface area contributed by atoms with E-state index >= 15 is 0 Å².